The number of aromatic nitrogens is 1. The molecule has 1 aliphatic heterocycles. The smallest absolute Gasteiger partial charge is 0.214 e. The van der Waals surface area contributed by atoms with E-state index in [4.69, 9.17) is 4.74 Å². The molecule has 0 spiro atoms. The summed E-state index contributed by atoms with van der Waals surface area (Å²) in [6, 6.07) is 4.49. The van der Waals surface area contributed by atoms with Gasteiger partial charge in [0.05, 0.1) is 6.04 Å². The molecule has 106 valence electrons. The molecule has 1 saturated heterocycles. The minimum absolute atomic E-state index is 0.0162. The van der Waals surface area contributed by atoms with Crippen LogP contribution in [0.25, 0.3) is 0 Å². The number of rotatable bonds is 4. The van der Waals surface area contributed by atoms with Crippen LogP contribution in [0.15, 0.2) is 18.3 Å². The van der Waals surface area contributed by atoms with E-state index in [1.165, 1.54) is 31.2 Å². The van der Waals surface area contributed by atoms with Crippen LogP contribution in [-0.4, -0.2) is 28.6 Å². The normalized spacial score (nSPS) is 22.8. The van der Waals surface area contributed by atoms with Crippen LogP contribution >= 0.6 is 15.9 Å². The first-order chi connectivity index (χ1) is 9.20. The van der Waals surface area contributed by atoms with E-state index in [1.54, 1.807) is 0 Å². The van der Waals surface area contributed by atoms with Gasteiger partial charge in [-0.3, -0.25) is 5.43 Å². The topological polar surface area (TPSA) is 37.4 Å². The predicted octanol–water partition coefficient (Wildman–Crippen LogP) is 3.25. The Labute approximate surface area is 123 Å². The van der Waals surface area contributed by atoms with Crippen molar-refractivity contribution in [2.75, 3.05) is 13.6 Å². The molecule has 0 unspecified atom stereocenters. The third kappa shape index (κ3) is 4.16. The zero-order valence-corrected chi connectivity index (χ0v) is 13.2. The second kappa shape index (κ2) is 7.22. The van der Waals surface area contributed by atoms with Gasteiger partial charge in [0.1, 0.15) is 0 Å². The second-order valence-corrected chi connectivity index (χ2v) is 6.16. The van der Waals surface area contributed by atoms with Crippen molar-refractivity contribution in [3.05, 3.63) is 23.9 Å². The highest BCUT2D eigenvalue weighted by atomic mass is 79.9. The summed E-state index contributed by atoms with van der Waals surface area (Å²) in [5.74, 6) is 0.665. The summed E-state index contributed by atoms with van der Waals surface area (Å²) in [5.41, 5.74) is 4.56. The molecule has 1 aliphatic rings. The summed E-state index contributed by atoms with van der Waals surface area (Å²) in [4.78, 5) is 4.39. The first-order valence-corrected chi connectivity index (χ1v) is 7.83. The second-order valence-electron chi connectivity index (χ2n) is 4.87. The Bertz CT molecular complexity index is 383. The fourth-order valence-electron chi connectivity index (χ4n) is 2.55. The largest absolute Gasteiger partial charge is 0.463 e. The molecule has 1 N–H and O–H groups in total. The maximum absolute atomic E-state index is 5.51. The van der Waals surface area contributed by atoms with E-state index in [1.807, 2.05) is 26.2 Å². The number of hydrogen-bond acceptors (Lipinski definition) is 4. The van der Waals surface area contributed by atoms with Gasteiger partial charge in [0, 0.05) is 18.8 Å². The van der Waals surface area contributed by atoms with Crippen molar-refractivity contribution in [2.24, 2.45) is 0 Å². The van der Waals surface area contributed by atoms with E-state index in [-0.39, 0.29) is 5.01 Å². The minimum atomic E-state index is -0.0162. The van der Waals surface area contributed by atoms with Crippen molar-refractivity contribution in [1.29, 1.82) is 0 Å². The Hall–Kier alpha value is -0.650. The van der Waals surface area contributed by atoms with Gasteiger partial charge >= 0.3 is 0 Å². The summed E-state index contributed by atoms with van der Waals surface area (Å²) >= 11 is 3.36. The number of halogens is 1. The van der Waals surface area contributed by atoms with Crippen LogP contribution in [0.5, 0.6) is 5.88 Å². The van der Waals surface area contributed by atoms with Crippen LogP contribution in [-0.2, 0) is 0 Å². The molecule has 1 aromatic rings. The Balaban J connectivity index is 2.10. The van der Waals surface area contributed by atoms with E-state index in [0.29, 0.717) is 11.9 Å². The van der Waals surface area contributed by atoms with Crippen LogP contribution in [0.2, 0.25) is 0 Å². The number of hydrogen-bond donors (Lipinski definition) is 1. The van der Waals surface area contributed by atoms with Gasteiger partial charge in [-0.25, -0.2) is 9.99 Å². The summed E-state index contributed by atoms with van der Waals surface area (Å²) in [6.07, 6.45) is 6.96. The first kappa shape index (κ1) is 14.8. The number of nitrogens with zero attached hydrogens (tertiary/aromatic N) is 2. The van der Waals surface area contributed by atoms with Gasteiger partial charge < -0.3 is 4.74 Å². The number of nitrogens with one attached hydrogen (secondary N) is 1. The highest BCUT2D eigenvalue weighted by Crippen LogP contribution is 2.28. The quantitative estimate of drug-likeness (QED) is 0.861. The monoisotopic (exact) mass is 327 g/mol. The SMILES string of the molecule is CNN1CCCCC[C@@H]1c1ccc(O[C@@H](C)Br)nc1. The standard InChI is InChI=1S/C14H22BrN3O/c1-11(15)19-14-8-7-12(10-17-14)13-6-4-3-5-9-18(13)16-2/h7-8,10-11,13,16H,3-6,9H2,1-2H3/t11-,13+/m0/s1. The van der Waals surface area contributed by atoms with Crippen molar-refractivity contribution in [2.45, 2.75) is 43.7 Å². The maximum Gasteiger partial charge on any atom is 0.214 e. The molecule has 0 amide bonds. The molecule has 1 fully saturated rings. The average molecular weight is 328 g/mol. The molecule has 2 rings (SSSR count). The lowest BCUT2D eigenvalue weighted by molar-refractivity contribution is 0.142. The molecule has 0 aromatic carbocycles. The van der Waals surface area contributed by atoms with Crippen molar-refractivity contribution in [1.82, 2.24) is 15.4 Å². The molecule has 0 bridgehead atoms. The van der Waals surface area contributed by atoms with Crippen molar-refractivity contribution < 1.29 is 4.74 Å². The van der Waals surface area contributed by atoms with Crippen molar-refractivity contribution in [3.8, 4) is 5.88 Å². The molecular weight excluding hydrogens is 306 g/mol. The molecule has 5 heteroatoms. The lowest BCUT2D eigenvalue weighted by Gasteiger charge is -2.29. The Kier molecular flexibility index (Phi) is 5.60. The third-order valence-corrected chi connectivity index (χ3v) is 3.65. The first-order valence-electron chi connectivity index (χ1n) is 6.91. The fraction of sp³-hybridized carbons (Fsp3) is 0.643. The molecule has 4 nitrogen and oxygen atoms in total. The van der Waals surface area contributed by atoms with E-state index in [9.17, 15) is 0 Å². The molecular formula is C14H22BrN3O. The zero-order valence-electron chi connectivity index (χ0n) is 11.6. The van der Waals surface area contributed by atoms with Crippen LogP contribution in [0, 0.1) is 0 Å². The molecule has 19 heavy (non-hydrogen) atoms. The van der Waals surface area contributed by atoms with E-state index in [0.717, 1.165) is 6.54 Å². The molecule has 2 heterocycles. The van der Waals surface area contributed by atoms with Gasteiger partial charge in [-0.15, -0.1) is 0 Å². The minimum Gasteiger partial charge on any atom is -0.463 e. The average Bonchev–Trinajstić information content (AvgIpc) is 2.64. The maximum atomic E-state index is 5.51. The predicted molar refractivity (Wildman–Crippen MR) is 80.2 cm³/mol. The van der Waals surface area contributed by atoms with Crippen LogP contribution in [0.1, 0.15) is 44.2 Å². The summed E-state index contributed by atoms with van der Waals surface area (Å²) in [6.45, 7) is 3.03. The number of pyridine rings is 1. The highest BCUT2D eigenvalue weighted by Gasteiger charge is 2.21. The Morgan fingerprint density at radius 3 is 2.89 bits per heavy atom. The summed E-state index contributed by atoms with van der Waals surface area (Å²) in [5, 5.41) is 2.30. The van der Waals surface area contributed by atoms with Crippen molar-refractivity contribution >= 4 is 15.9 Å². The van der Waals surface area contributed by atoms with Crippen LogP contribution in [0.4, 0.5) is 0 Å². The van der Waals surface area contributed by atoms with Gasteiger partial charge in [-0.05, 0) is 48.3 Å². The zero-order chi connectivity index (χ0) is 13.7. The molecule has 0 radical (unpaired) electrons. The molecule has 2 atom stereocenters. The van der Waals surface area contributed by atoms with Gasteiger partial charge in [0.2, 0.25) is 5.88 Å². The van der Waals surface area contributed by atoms with E-state index < -0.39 is 0 Å². The Morgan fingerprint density at radius 1 is 1.42 bits per heavy atom. The molecule has 0 saturated carbocycles. The van der Waals surface area contributed by atoms with Gasteiger partial charge in [0.25, 0.3) is 0 Å². The number of alkyl halides is 1. The van der Waals surface area contributed by atoms with Crippen LogP contribution < -0.4 is 10.2 Å². The lowest BCUT2D eigenvalue weighted by Crippen LogP contribution is -2.38. The number of ether oxygens (including phenoxy) is 1. The molecule has 0 aliphatic carbocycles. The van der Waals surface area contributed by atoms with Gasteiger partial charge in [-0.1, -0.05) is 18.9 Å². The fourth-order valence-corrected chi connectivity index (χ4v) is 2.74. The van der Waals surface area contributed by atoms with Crippen molar-refractivity contribution in [3.63, 3.8) is 0 Å². The lowest BCUT2D eigenvalue weighted by atomic mass is 10.0. The highest BCUT2D eigenvalue weighted by molar-refractivity contribution is 9.09. The van der Waals surface area contributed by atoms with E-state index >= 15 is 0 Å². The Morgan fingerprint density at radius 2 is 2.26 bits per heavy atom. The van der Waals surface area contributed by atoms with Gasteiger partial charge in [0.15, 0.2) is 5.01 Å². The third-order valence-electron chi connectivity index (χ3n) is 3.47. The summed E-state index contributed by atoms with van der Waals surface area (Å²) < 4.78 is 5.51. The van der Waals surface area contributed by atoms with E-state index in [2.05, 4.69) is 37.4 Å². The number of hydrazine groups is 1. The van der Waals surface area contributed by atoms with Crippen LogP contribution in [0.3, 0.4) is 0 Å². The van der Waals surface area contributed by atoms with Gasteiger partial charge in [-0.2, -0.15) is 0 Å². The molecule has 1 aromatic heterocycles. The summed E-state index contributed by atoms with van der Waals surface area (Å²) in [7, 11) is 2.00.